The van der Waals surface area contributed by atoms with Crippen molar-refractivity contribution in [3.63, 3.8) is 0 Å². The Morgan fingerprint density at radius 3 is 2.70 bits per heavy atom. The van der Waals surface area contributed by atoms with Crippen molar-refractivity contribution in [2.45, 2.75) is 24.7 Å². The Hall–Kier alpha value is -3.48. The van der Waals surface area contributed by atoms with Gasteiger partial charge >= 0.3 is 0 Å². The molecular formula is C20H18F4N6O2S. The number of aromatic nitrogens is 5. The van der Waals surface area contributed by atoms with Crippen LogP contribution in [0.25, 0.3) is 16.6 Å². The van der Waals surface area contributed by atoms with E-state index in [-0.39, 0.29) is 28.8 Å². The smallest absolute Gasteiger partial charge is 0.272 e. The Bertz CT molecular complexity index is 1250. The highest BCUT2D eigenvalue weighted by molar-refractivity contribution is 8.00. The number of nitrogens with zero attached hydrogens (tertiary/aromatic N) is 4. The van der Waals surface area contributed by atoms with Gasteiger partial charge in [0.15, 0.2) is 0 Å². The molecule has 0 saturated heterocycles. The Morgan fingerprint density at radius 2 is 2.03 bits per heavy atom. The first-order valence-electron chi connectivity index (χ1n) is 9.57. The fraction of sp³-hybridized carbons (Fsp3) is 0.250. The summed E-state index contributed by atoms with van der Waals surface area (Å²) < 4.78 is 66.7. The van der Waals surface area contributed by atoms with Gasteiger partial charge in [0, 0.05) is 29.5 Å². The lowest BCUT2D eigenvalue weighted by Crippen LogP contribution is -2.11. The number of fused-ring (bicyclic) bond motifs is 1. The minimum atomic E-state index is -2.68. The maximum Gasteiger partial charge on any atom is 0.272 e. The largest absolute Gasteiger partial charge is 0.480 e. The number of H-pyrrole nitrogens is 1. The molecule has 0 aliphatic heterocycles. The molecule has 1 aromatic carbocycles. The molecule has 0 saturated carbocycles. The van der Waals surface area contributed by atoms with E-state index in [0.717, 1.165) is 11.9 Å². The van der Waals surface area contributed by atoms with Gasteiger partial charge in [0.1, 0.15) is 6.61 Å². The number of alkyl halides is 4. The quantitative estimate of drug-likeness (QED) is 0.252. The molecule has 0 aliphatic rings. The van der Waals surface area contributed by atoms with Gasteiger partial charge < -0.3 is 14.5 Å². The molecule has 4 rings (SSSR count). The number of methoxy groups -OCH3 is 1. The second-order valence-electron chi connectivity index (χ2n) is 6.71. The van der Waals surface area contributed by atoms with Crippen molar-refractivity contribution in [1.29, 1.82) is 0 Å². The molecule has 33 heavy (non-hydrogen) atoms. The molecule has 0 spiro atoms. The molecule has 13 heteroatoms. The van der Waals surface area contributed by atoms with Gasteiger partial charge in [-0.05, 0) is 24.9 Å². The van der Waals surface area contributed by atoms with E-state index in [9.17, 15) is 17.6 Å². The number of benzene rings is 1. The van der Waals surface area contributed by atoms with Crippen molar-refractivity contribution in [3.8, 4) is 17.3 Å². The van der Waals surface area contributed by atoms with Crippen LogP contribution in [-0.4, -0.2) is 44.9 Å². The molecule has 174 valence electrons. The van der Waals surface area contributed by atoms with Gasteiger partial charge in [0.05, 0.1) is 28.9 Å². The summed E-state index contributed by atoms with van der Waals surface area (Å²) in [5.41, 5.74) is 0.910. The average Bonchev–Trinajstić information content (AvgIpc) is 3.45. The van der Waals surface area contributed by atoms with Crippen molar-refractivity contribution in [2.24, 2.45) is 0 Å². The van der Waals surface area contributed by atoms with Crippen molar-refractivity contribution in [2.75, 3.05) is 18.4 Å². The lowest BCUT2D eigenvalue weighted by molar-refractivity contribution is 0.0795. The first-order valence-corrected chi connectivity index (χ1v) is 10.4. The number of hydrogen-bond acceptors (Lipinski definition) is 7. The molecule has 2 N–H and O–H groups in total. The average molecular weight is 482 g/mol. The first kappa shape index (κ1) is 22.7. The van der Waals surface area contributed by atoms with Crippen LogP contribution in [-0.2, 0) is 0 Å². The molecule has 0 bridgehead atoms. The number of rotatable bonds is 9. The number of halogens is 4. The predicted molar refractivity (Wildman–Crippen MR) is 115 cm³/mol. The van der Waals surface area contributed by atoms with Gasteiger partial charge in [0.25, 0.3) is 18.7 Å². The van der Waals surface area contributed by atoms with Crippen LogP contribution in [0.5, 0.6) is 11.6 Å². The lowest BCUT2D eigenvalue weighted by Gasteiger charge is -2.13. The van der Waals surface area contributed by atoms with E-state index in [4.69, 9.17) is 9.47 Å². The van der Waals surface area contributed by atoms with Crippen LogP contribution >= 0.6 is 11.9 Å². The summed E-state index contributed by atoms with van der Waals surface area (Å²) in [6.45, 7) is 0.769. The minimum absolute atomic E-state index is 0.00715. The predicted octanol–water partition coefficient (Wildman–Crippen LogP) is 5.16. The summed E-state index contributed by atoms with van der Waals surface area (Å²) in [5, 5.41) is 4.78. The van der Waals surface area contributed by atoms with Crippen molar-refractivity contribution < 1.29 is 27.0 Å². The van der Waals surface area contributed by atoms with E-state index < -0.39 is 19.5 Å². The Kier molecular flexibility index (Phi) is 6.58. The number of nitrogens with one attached hydrogen (secondary N) is 2. The van der Waals surface area contributed by atoms with Crippen molar-refractivity contribution in [3.05, 3.63) is 48.0 Å². The van der Waals surface area contributed by atoms with Crippen molar-refractivity contribution in [1.82, 2.24) is 24.7 Å². The van der Waals surface area contributed by atoms with Gasteiger partial charge in [-0.15, -0.1) is 0 Å². The summed E-state index contributed by atoms with van der Waals surface area (Å²) in [7, 11) is 1.34. The maximum atomic E-state index is 13.6. The standard InChI is InChI=1S/C20H18F4N6O2S/c1-10-17(32-9-14(21)22)19(31-2)28-20(27-10)29-33-13-8-25-15-11(13)4-5-12(18(23)24)16(15)30-7-3-6-26-30/h3-8,14,18,25H,9H2,1-2H3,(H,27,28,29). The second kappa shape index (κ2) is 9.57. The molecule has 0 unspecified atom stereocenters. The molecular weight excluding hydrogens is 464 g/mol. The number of hydrogen-bond donors (Lipinski definition) is 2. The van der Waals surface area contributed by atoms with Crippen LogP contribution < -0.4 is 14.2 Å². The van der Waals surface area contributed by atoms with Gasteiger partial charge in [-0.25, -0.2) is 27.2 Å². The van der Waals surface area contributed by atoms with Gasteiger partial charge in [-0.2, -0.15) is 10.1 Å². The molecule has 0 fully saturated rings. The van der Waals surface area contributed by atoms with Crippen LogP contribution in [0.4, 0.5) is 23.5 Å². The van der Waals surface area contributed by atoms with E-state index in [0.29, 0.717) is 21.5 Å². The summed E-state index contributed by atoms with van der Waals surface area (Å²) in [6, 6.07) is 4.61. The Labute approximate surface area is 189 Å². The molecule has 3 heterocycles. The SMILES string of the molecule is COc1nc(NSc2c[nH]c3c(-n4cccn4)c(C(F)F)ccc23)nc(C)c1OCC(F)F. The highest BCUT2D eigenvalue weighted by Crippen LogP contribution is 2.37. The van der Waals surface area contributed by atoms with Crippen LogP contribution in [0.2, 0.25) is 0 Å². The Balaban J connectivity index is 1.62. The summed E-state index contributed by atoms with van der Waals surface area (Å²) in [4.78, 5) is 12.1. The third-order valence-electron chi connectivity index (χ3n) is 4.59. The highest BCUT2D eigenvalue weighted by atomic mass is 32.2. The summed E-state index contributed by atoms with van der Waals surface area (Å²) >= 11 is 1.14. The normalized spacial score (nSPS) is 11.5. The fourth-order valence-corrected chi connectivity index (χ4v) is 3.91. The van der Waals surface area contributed by atoms with Crippen LogP contribution in [0.15, 0.2) is 41.7 Å². The van der Waals surface area contributed by atoms with E-state index in [1.165, 1.54) is 24.1 Å². The van der Waals surface area contributed by atoms with Gasteiger partial charge in [0.2, 0.25) is 11.7 Å². The number of aryl methyl sites for hydroxylation is 1. The second-order valence-corrected chi connectivity index (χ2v) is 7.56. The zero-order chi connectivity index (χ0) is 23.5. The zero-order valence-corrected chi connectivity index (χ0v) is 18.2. The molecule has 0 atom stereocenters. The van der Waals surface area contributed by atoms with E-state index in [2.05, 4.69) is 24.8 Å². The van der Waals surface area contributed by atoms with E-state index in [1.54, 1.807) is 31.5 Å². The molecule has 0 amide bonds. The Morgan fingerprint density at radius 1 is 1.21 bits per heavy atom. The maximum absolute atomic E-state index is 13.6. The van der Waals surface area contributed by atoms with Gasteiger partial charge in [-0.3, -0.25) is 4.72 Å². The third kappa shape index (κ3) is 4.67. The topological polar surface area (TPSA) is 89.9 Å². The van der Waals surface area contributed by atoms with Crippen LogP contribution in [0.1, 0.15) is 17.7 Å². The fourth-order valence-electron chi connectivity index (χ4n) is 3.22. The minimum Gasteiger partial charge on any atom is -0.480 e. The summed E-state index contributed by atoms with van der Waals surface area (Å²) in [6.07, 6.45) is -0.569. The van der Waals surface area contributed by atoms with E-state index in [1.807, 2.05) is 0 Å². The molecule has 4 aromatic rings. The van der Waals surface area contributed by atoms with Crippen LogP contribution in [0, 0.1) is 6.92 Å². The number of ether oxygens (including phenoxy) is 2. The molecule has 0 aliphatic carbocycles. The summed E-state index contributed by atoms with van der Waals surface area (Å²) in [5.74, 6) is 0.196. The van der Waals surface area contributed by atoms with Gasteiger partial charge in [-0.1, -0.05) is 12.1 Å². The first-order chi connectivity index (χ1) is 15.9. The monoisotopic (exact) mass is 482 g/mol. The third-order valence-corrected chi connectivity index (χ3v) is 5.44. The number of anilines is 1. The van der Waals surface area contributed by atoms with Crippen molar-refractivity contribution >= 4 is 28.8 Å². The zero-order valence-electron chi connectivity index (χ0n) is 17.4. The number of aromatic amines is 1. The van der Waals surface area contributed by atoms with Crippen LogP contribution in [0.3, 0.4) is 0 Å². The molecule has 3 aromatic heterocycles. The lowest BCUT2D eigenvalue weighted by atomic mass is 10.1. The highest BCUT2D eigenvalue weighted by Gasteiger charge is 2.21. The molecule has 0 radical (unpaired) electrons. The molecule has 8 nitrogen and oxygen atoms in total. The van der Waals surface area contributed by atoms with E-state index >= 15 is 0 Å².